The molecule has 3 aromatic carbocycles. The van der Waals surface area contributed by atoms with Crippen molar-refractivity contribution in [3.8, 4) is 28.4 Å². The first-order valence-electron chi connectivity index (χ1n) is 11.0. The highest BCUT2D eigenvalue weighted by molar-refractivity contribution is 6.00. The van der Waals surface area contributed by atoms with E-state index in [1.807, 2.05) is 36.4 Å². The fourth-order valence-electron chi connectivity index (χ4n) is 4.19. The van der Waals surface area contributed by atoms with Crippen LogP contribution in [0.3, 0.4) is 0 Å². The molecule has 0 atom stereocenters. The van der Waals surface area contributed by atoms with Gasteiger partial charge in [-0.1, -0.05) is 36.4 Å². The number of ether oxygens (including phenoxy) is 3. The maximum absolute atomic E-state index is 12.2. The molecule has 1 saturated heterocycles. The molecule has 1 fully saturated rings. The van der Waals surface area contributed by atoms with Gasteiger partial charge in [0.25, 0.3) is 0 Å². The fourth-order valence-corrected chi connectivity index (χ4v) is 4.19. The van der Waals surface area contributed by atoms with E-state index in [0.29, 0.717) is 19.7 Å². The molecular formula is C25H27N3O4. The van der Waals surface area contributed by atoms with Gasteiger partial charge >= 0.3 is 0 Å². The molecule has 166 valence electrons. The van der Waals surface area contributed by atoms with E-state index in [0.717, 1.165) is 65.3 Å². The predicted molar refractivity (Wildman–Crippen MR) is 123 cm³/mol. The average molecular weight is 434 g/mol. The molecule has 0 spiro atoms. The molecule has 7 heteroatoms. The number of nitrogens with zero attached hydrogens (tertiary/aromatic N) is 1. The van der Waals surface area contributed by atoms with Crippen molar-refractivity contribution in [1.29, 1.82) is 0 Å². The summed E-state index contributed by atoms with van der Waals surface area (Å²) >= 11 is 0. The second-order valence-electron chi connectivity index (χ2n) is 7.95. The monoisotopic (exact) mass is 433 g/mol. The smallest absolute Gasteiger partial charge is 0.234 e. The SMILES string of the molecule is O=C(CN1CCNCC1)NCCOc1ccc(-c2ccc3c(c2)OCO3)c2ccccc12. The summed E-state index contributed by atoms with van der Waals surface area (Å²) in [6.07, 6.45) is 0. The van der Waals surface area contributed by atoms with E-state index in [2.05, 4.69) is 33.7 Å². The molecule has 2 aliphatic rings. The molecular weight excluding hydrogens is 406 g/mol. The summed E-state index contributed by atoms with van der Waals surface area (Å²) in [7, 11) is 0. The summed E-state index contributed by atoms with van der Waals surface area (Å²) < 4.78 is 17.0. The number of nitrogens with one attached hydrogen (secondary N) is 2. The Balaban J connectivity index is 1.24. The Morgan fingerprint density at radius 2 is 1.81 bits per heavy atom. The average Bonchev–Trinajstić information content (AvgIpc) is 3.30. The zero-order valence-corrected chi connectivity index (χ0v) is 17.9. The van der Waals surface area contributed by atoms with Crippen molar-refractivity contribution < 1.29 is 19.0 Å². The van der Waals surface area contributed by atoms with Gasteiger partial charge in [-0.2, -0.15) is 0 Å². The Morgan fingerprint density at radius 1 is 1.00 bits per heavy atom. The number of fused-ring (bicyclic) bond motifs is 2. The van der Waals surface area contributed by atoms with Crippen molar-refractivity contribution >= 4 is 16.7 Å². The zero-order valence-electron chi connectivity index (χ0n) is 17.9. The van der Waals surface area contributed by atoms with Crippen molar-refractivity contribution in [2.45, 2.75) is 0 Å². The van der Waals surface area contributed by atoms with Crippen LogP contribution in [-0.2, 0) is 4.79 Å². The maximum atomic E-state index is 12.2. The molecule has 0 radical (unpaired) electrons. The van der Waals surface area contributed by atoms with Gasteiger partial charge in [0.1, 0.15) is 12.4 Å². The number of hydrogen-bond acceptors (Lipinski definition) is 6. The Bertz CT molecular complexity index is 1110. The summed E-state index contributed by atoms with van der Waals surface area (Å²) in [5, 5.41) is 8.39. The first-order valence-corrected chi connectivity index (χ1v) is 11.0. The van der Waals surface area contributed by atoms with E-state index >= 15 is 0 Å². The minimum atomic E-state index is 0.0403. The Morgan fingerprint density at radius 3 is 2.69 bits per heavy atom. The number of carbonyl (C=O) groups excluding carboxylic acids is 1. The largest absolute Gasteiger partial charge is 0.491 e. The van der Waals surface area contributed by atoms with Crippen LogP contribution in [0.2, 0.25) is 0 Å². The molecule has 0 aromatic heterocycles. The summed E-state index contributed by atoms with van der Waals surface area (Å²) in [4.78, 5) is 14.3. The van der Waals surface area contributed by atoms with Crippen molar-refractivity contribution in [3.05, 3.63) is 54.6 Å². The van der Waals surface area contributed by atoms with E-state index in [9.17, 15) is 4.79 Å². The number of carbonyl (C=O) groups is 1. The zero-order chi connectivity index (χ0) is 21.8. The van der Waals surface area contributed by atoms with E-state index in [1.165, 1.54) is 0 Å². The lowest BCUT2D eigenvalue weighted by molar-refractivity contribution is -0.122. The molecule has 2 heterocycles. The van der Waals surface area contributed by atoms with Gasteiger partial charge in [0.15, 0.2) is 11.5 Å². The Kier molecular flexibility index (Phi) is 6.09. The number of benzene rings is 3. The van der Waals surface area contributed by atoms with Gasteiger partial charge in [0.2, 0.25) is 12.7 Å². The molecule has 7 nitrogen and oxygen atoms in total. The van der Waals surface area contributed by atoms with Crippen LogP contribution >= 0.6 is 0 Å². The van der Waals surface area contributed by atoms with Crippen LogP contribution in [0.25, 0.3) is 21.9 Å². The highest BCUT2D eigenvalue weighted by Gasteiger charge is 2.16. The van der Waals surface area contributed by atoms with Crippen LogP contribution in [0.4, 0.5) is 0 Å². The number of piperazine rings is 1. The quantitative estimate of drug-likeness (QED) is 0.558. The normalized spacial score (nSPS) is 15.6. The van der Waals surface area contributed by atoms with Gasteiger partial charge in [-0.25, -0.2) is 0 Å². The molecule has 0 unspecified atom stereocenters. The highest BCUT2D eigenvalue weighted by Crippen LogP contribution is 2.39. The fraction of sp³-hybridized carbons (Fsp3) is 0.320. The summed E-state index contributed by atoms with van der Waals surface area (Å²) in [5.74, 6) is 2.39. The summed E-state index contributed by atoms with van der Waals surface area (Å²) in [5.41, 5.74) is 2.17. The Hall–Kier alpha value is -3.29. The van der Waals surface area contributed by atoms with Gasteiger partial charge < -0.3 is 24.8 Å². The van der Waals surface area contributed by atoms with Crippen LogP contribution in [0, 0.1) is 0 Å². The molecule has 5 rings (SSSR count). The van der Waals surface area contributed by atoms with Gasteiger partial charge in [0.05, 0.1) is 13.1 Å². The van der Waals surface area contributed by atoms with Gasteiger partial charge in [-0.05, 0) is 34.7 Å². The molecule has 3 aromatic rings. The second-order valence-corrected chi connectivity index (χ2v) is 7.95. The van der Waals surface area contributed by atoms with Gasteiger partial charge in [-0.3, -0.25) is 9.69 Å². The predicted octanol–water partition coefficient (Wildman–Crippen LogP) is 2.64. The van der Waals surface area contributed by atoms with Gasteiger partial charge in [0, 0.05) is 31.6 Å². The second kappa shape index (κ2) is 9.46. The van der Waals surface area contributed by atoms with Crippen molar-refractivity contribution in [3.63, 3.8) is 0 Å². The lowest BCUT2D eigenvalue weighted by Gasteiger charge is -2.26. The third-order valence-electron chi connectivity index (χ3n) is 5.83. The van der Waals surface area contributed by atoms with Crippen LogP contribution in [0.1, 0.15) is 0 Å². The molecule has 2 aliphatic heterocycles. The topological polar surface area (TPSA) is 72.1 Å². The maximum Gasteiger partial charge on any atom is 0.234 e. The van der Waals surface area contributed by atoms with Crippen molar-refractivity contribution in [2.24, 2.45) is 0 Å². The van der Waals surface area contributed by atoms with E-state index in [4.69, 9.17) is 14.2 Å². The summed E-state index contributed by atoms with van der Waals surface area (Å²) in [6.45, 7) is 5.28. The van der Waals surface area contributed by atoms with Crippen molar-refractivity contribution in [2.75, 3.05) is 52.7 Å². The van der Waals surface area contributed by atoms with Crippen LogP contribution < -0.4 is 24.8 Å². The number of rotatable bonds is 7. The lowest BCUT2D eigenvalue weighted by atomic mass is 9.97. The standard InChI is InChI=1S/C25H27N3O4/c29-25(16-28-12-9-26-10-13-28)27-11-14-30-22-8-6-19(20-3-1-2-4-21(20)22)18-5-7-23-24(15-18)32-17-31-23/h1-8,15,26H,9-14,16-17H2,(H,27,29). The highest BCUT2D eigenvalue weighted by atomic mass is 16.7. The Labute approximate surface area is 187 Å². The van der Waals surface area contributed by atoms with E-state index < -0.39 is 0 Å². The first-order chi connectivity index (χ1) is 15.8. The lowest BCUT2D eigenvalue weighted by Crippen LogP contribution is -2.47. The first kappa shape index (κ1) is 20.6. The molecule has 2 N–H and O–H groups in total. The van der Waals surface area contributed by atoms with Crippen LogP contribution in [0.15, 0.2) is 54.6 Å². The summed E-state index contributed by atoms with van der Waals surface area (Å²) in [6, 6.07) is 18.2. The van der Waals surface area contributed by atoms with Crippen LogP contribution in [-0.4, -0.2) is 63.5 Å². The third kappa shape index (κ3) is 4.49. The van der Waals surface area contributed by atoms with Gasteiger partial charge in [-0.15, -0.1) is 0 Å². The third-order valence-corrected chi connectivity index (χ3v) is 5.83. The number of hydrogen-bond donors (Lipinski definition) is 2. The van der Waals surface area contributed by atoms with E-state index in [-0.39, 0.29) is 12.7 Å². The molecule has 32 heavy (non-hydrogen) atoms. The van der Waals surface area contributed by atoms with Crippen molar-refractivity contribution in [1.82, 2.24) is 15.5 Å². The molecule has 1 amide bonds. The molecule has 0 aliphatic carbocycles. The molecule has 0 bridgehead atoms. The van der Waals surface area contributed by atoms with E-state index in [1.54, 1.807) is 0 Å². The minimum absolute atomic E-state index is 0.0403. The minimum Gasteiger partial charge on any atom is -0.491 e. The van der Waals surface area contributed by atoms with Crippen LogP contribution in [0.5, 0.6) is 17.2 Å². The molecule has 0 saturated carbocycles. The number of amides is 1.